The lowest BCUT2D eigenvalue weighted by atomic mass is 9.80. The maximum absolute atomic E-state index is 13.1. The molecule has 4 aromatic carbocycles. The first-order chi connectivity index (χ1) is 29.3. The van der Waals surface area contributed by atoms with Crippen LogP contribution in [-0.2, 0) is 35.9 Å². The first kappa shape index (κ1) is 40.7. The fraction of sp³-hybridized carbons (Fsp3) is 0.333. The van der Waals surface area contributed by atoms with E-state index in [4.69, 9.17) is 39.8 Å². The standard InChI is InChI=1S/C45H46N5O7PS2/c1-52-35-20-16-33(17-21-35)45(32-14-8-4-9-15-32,34-18-22-36(53-2)23-19-34)54-27-38-37(57-58(59)55-28-44(60-58)24-10-5-11-25-44)26-39(56-38)50-30-48-40-41(46-29-47-42(40)50)49-43(51)31-12-6-3-7-13-31/h3-4,6-9,12-23,29-30,37-39H,5,10-11,24-28H2,1-2H3,(H,46,47,49,51)/t37-,38+,39+,58-/m0/s1. The Bertz CT molecular complexity index is 2420. The lowest BCUT2D eigenvalue weighted by Gasteiger charge is -2.37. The van der Waals surface area contributed by atoms with Gasteiger partial charge in [-0.1, -0.05) is 103 Å². The number of anilines is 1. The van der Waals surface area contributed by atoms with Gasteiger partial charge in [-0.15, -0.1) is 0 Å². The molecule has 310 valence electrons. The number of aromatic nitrogens is 4. The fourth-order valence-corrected chi connectivity index (χ4v) is 15.6. The van der Waals surface area contributed by atoms with Gasteiger partial charge in [-0.2, -0.15) is 0 Å². The molecule has 3 aliphatic rings. The van der Waals surface area contributed by atoms with Crippen molar-refractivity contribution in [3.63, 3.8) is 0 Å². The number of fused-ring (bicyclic) bond motifs is 1. The number of imidazole rings is 1. The summed E-state index contributed by atoms with van der Waals surface area (Å²) >= 11 is 8.02. The summed E-state index contributed by atoms with van der Waals surface area (Å²) in [6, 6.07) is 35.0. The van der Waals surface area contributed by atoms with Gasteiger partial charge in [0.25, 0.3) is 5.91 Å². The van der Waals surface area contributed by atoms with Crippen LogP contribution in [0.5, 0.6) is 11.5 Å². The van der Waals surface area contributed by atoms with Crippen molar-refractivity contribution in [2.75, 3.05) is 32.8 Å². The quantitative estimate of drug-likeness (QED) is 0.0878. The molecule has 15 heteroatoms. The highest BCUT2D eigenvalue weighted by atomic mass is 32.9. The third kappa shape index (κ3) is 8.10. The summed E-state index contributed by atoms with van der Waals surface area (Å²) in [6.45, 7) is 0.721. The normalized spacial score (nSPS) is 22.5. The van der Waals surface area contributed by atoms with Gasteiger partial charge in [-0.05, 0) is 77.7 Å². The topological polar surface area (TPSA) is 128 Å². The Morgan fingerprint density at radius 3 is 2.15 bits per heavy atom. The van der Waals surface area contributed by atoms with Crippen molar-refractivity contribution in [1.82, 2.24) is 19.5 Å². The Kier molecular flexibility index (Phi) is 11.8. The second-order valence-corrected chi connectivity index (χ2v) is 21.8. The molecule has 4 atom stereocenters. The molecule has 0 unspecified atom stereocenters. The number of rotatable bonds is 13. The number of hydrogen-bond acceptors (Lipinski definition) is 12. The zero-order valence-corrected chi connectivity index (χ0v) is 35.9. The van der Waals surface area contributed by atoms with Gasteiger partial charge in [0.2, 0.25) is 5.69 Å². The molecule has 2 aromatic heterocycles. The van der Waals surface area contributed by atoms with Crippen molar-refractivity contribution in [3.05, 3.63) is 144 Å². The maximum Gasteiger partial charge on any atom is 0.256 e. The number of ether oxygens (including phenoxy) is 4. The Morgan fingerprint density at radius 2 is 1.50 bits per heavy atom. The Balaban J connectivity index is 1.07. The molecule has 3 fully saturated rings. The highest BCUT2D eigenvalue weighted by molar-refractivity contribution is 8.68. The molecule has 4 heterocycles. The van der Waals surface area contributed by atoms with Crippen LogP contribution in [0.2, 0.25) is 0 Å². The molecule has 0 bridgehead atoms. The summed E-state index contributed by atoms with van der Waals surface area (Å²) in [6.07, 6.45) is 7.57. The smallest absolute Gasteiger partial charge is 0.256 e. The summed E-state index contributed by atoms with van der Waals surface area (Å²) in [4.78, 5) is 26.8. The minimum atomic E-state index is -2.76. The van der Waals surface area contributed by atoms with Crippen LogP contribution in [0.4, 0.5) is 5.82 Å². The van der Waals surface area contributed by atoms with E-state index in [1.807, 2.05) is 89.5 Å². The van der Waals surface area contributed by atoms with Crippen LogP contribution in [0.3, 0.4) is 0 Å². The molecule has 9 rings (SSSR count). The number of nitrogens with zero attached hydrogens (tertiary/aromatic N) is 4. The monoisotopic (exact) mass is 863 g/mol. The van der Waals surface area contributed by atoms with E-state index in [0.29, 0.717) is 35.6 Å². The van der Waals surface area contributed by atoms with Crippen molar-refractivity contribution in [3.8, 4) is 11.5 Å². The van der Waals surface area contributed by atoms with Gasteiger partial charge in [0.05, 0.1) is 39.9 Å². The first-order valence-electron chi connectivity index (χ1n) is 20.1. The van der Waals surface area contributed by atoms with Crippen LogP contribution in [0.25, 0.3) is 11.2 Å². The predicted octanol–water partition coefficient (Wildman–Crippen LogP) is 9.47. The van der Waals surface area contributed by atoms with Crippen molar-refractivity contribution in [2.45, 2.75) is 67.3 Å². The largest absolute Gasteiger partial charge is 0.497 e. The minimum Gasteiger partial charge on any atom is -0.497 e. The zero-order chi connectivity index (χ0) is 41.2. The molecule has 60 heavy (non-hydrogen) atoms. The average Bonchev–Trinajstić information content (AvgIpc) is 4.00. The maximum atomic E-state index is 13.1. The van der Waals surface area contributed by atoms with E-state index in [-0.39, 0.29) is 17.3 Å². The summed E-state index contributed by atoms with van der Waals surface area (Å²) < 4.78 is 40.8. The number of amides is 1. The molecule has 2 saturated heterocycles. The lowest BCUT2D eigenvalue weighted by Crippen LogP contribution is -2.38. The van der Waals surface area contributed by atoms with Gasteiger partial charge in [0, 0.05) is 16.7 Å². The van der Waals surface area contributed by atoms with E-state index in [0.717, 1.165) is 41.0 Å². The molecule has 1 amide bonds. The van der Waals surface area contributed by atoms with Gasteiger partial charge in [-0.3, -0.25) is 9.36 Å². The fourth-order valence-electron chi connectivity index (χ4n) is 8.47. The van der Waals surface area contributed by atoms with Crippen molar-refractivity contribution >= 4 is 51.8 Å². The van der Waals surface area contributed by atoms with E-state index < -0.39 is 29.7 Å². The number of carbonyl (C=O) groups is 1. The average molecular weight is 864 g/mol. The second-order valence-electron chi connectivity index (χ2n) is 15.2. The van der Waals surface area contributed by atoms with Crippen molar-refractivity contribution < 1.29 is 32.8 Å². The van der Waals surface area contributed by atoms with E-state index in [1.165, 1.54) is 25.6 Å². The van der Waals surface area contributed by atoms with Crippen LogP contribution < -0.4 is 14.8 Å². The Morgan fingerprint density at radius 1 is 0.867 bits per heavy atom. The van der Waals surface area contributed by atoms with E-state index in [1.54, 1.807) is 44.1 Å². The van der Waals surface area contributed by atoms with Crippen molar-refractivity contribution in [2.24, 2.45) is 0 Å². The zero-order valence-electron chi connectivity index (χ0n) is 33.3. The number of nitrogens with one attached hydrogen (secondary N) is 1. The molecule has 12 nitrogen and oxygen atoms in total. The first-order valence-corrected chi connectivity index (χ1v) is 24.2. The predicted molar refractivity (Wildman–Crippen MR) is 235 cm³/mol. The lowest BCUT2D eigenvalue weighted by molar-refractivity contribution is -0.0900. The van der Waals surface area contributed by atoms with Crippen molar-refractivity contribution in [1.29, 1.82) is 0 Å². The van der Waals surface area contributed by atoms with E-state index in [9.17, 15) is 4.79 Å². The summed E-state index contributed by atoms with van der Waals surface area (Å²) in [5, 5.41) is 2.91. The van der Waals surface area contributed by atoms with Crippen LogP contribution >= 0.6 is 17.1 Å². The van der Waals surface area contributed by atoms with Gasteiger partial charge in [0.1, 0.15) is 35.8 Å². The third-order valence-corrected chi connectivity index (χ3v) is 17.3. The minimum absolute atomic E-state index is 0.0120. The van der Waals surface area contributed by atoms with Gasteiger partial charge >= 0.3 is 0 Å². The number of hydrogen-bond donors (Lipinski definition) is 1. The second kappa shape index (κ2) is 17.4. The molecular formula is C45H46N5O7PS2. The van der Waals surface area contributed by atoms with Crippen LogP contribution in [0.15, 0.2) is 122 Å². The molecular weight excluding hydrogens is 818 g/mol. The summed E-state index contributed by atoms with van der Waals surface area (Å²) in [5.74, 6) is 1.46. The Hall–Kier alpha value is -4.66. The van der Waals surface area contributed by atoms with Crippen LogP contribution in [0, 0.1) is 0 Å². The Labute approximate surface area is 358 Å². The summed E-state index contributed by atoms with van der Waals surface area (Å²) in [7, 11) is 3.31. The number of benzene rings is 4. The van der Waals surface area contributed by atoms with E-state index >= 15 is 0 Å². The van der Waals surface area contributed by atoms with Crippen LogP contribution in [0.1, 0.15) is 71.8 Å². The third-order valence-electron chi connectivity index (χ3n) is 11.6. The molecule has 1 N–H and O–H groups in total. The van der Waals surface area contributed by atoms with Gasteiger partial charge in [-0.25, -0.2) is 15.0 Å². The molecule has 6 aromatic rings. The highest BCUT2D eigenvalue weighted by Crippen LogP contribution is 2.74. The molecule has 1 saturated carbocycles. The molecule has 0 radical (unpaired) electrons. The van der Waals surface area contributed by atoms with E-state index in [2.05, 4.69) is 32.4 Å². The SMILES string of the molecule is COc1ccc(C(OC[C@H]2O[C@@H](n3cnc4c(NC(=O)c5ccccc5)ncnc43)C[C@@H]2O[P@]2(=S)OCC3(CCCCC3)S2)(c2ccccc2)c2ccc(OC)cc2)cc1. The van der Waals surface area contributed by atoms with Crippen LogP contribution in [-0.4, -0.2) is 69.8 Å². The highest BCUT2D eigenvalue weighted by Gasteiger charge is 2.50. The van der Waals surface area contributed by atoms with Gasteiger partial charge < -0.3 is 33.3 Å². The number of methoxy groups -OCH3 is 2. The molecule has 2 aliphatic heterocycles. The van der Waals surface area contributed by atoms with Gasteiger partial charge in [0.15, 0.2) is 17.0 Å². The summed E-state index contributed by atoms with van der Waals surface area (Å²) in [5.41, 5.74) is 0.320. The molecule has 1 spiro atoms. The number of carbonyl (C=O) groups excluding carboxylic acids is 1. The molecule has 1 aliphatic carbocycles.